The number of amides is 2. The second kappa shape index (κ2) is 7.65. The first kappa shape index (κ1) is 17.0. The molecular weight excluding hydrogens is 252 g/mol. The maximum Gasteiger partial charge on any atom is 0.225 e. The highest BCUT2D eigenvalue weighted by atomic mass is 16.2. The minimum atomic E-state index is -0.361. The largest absolute Gasteiger partial charge is 0.356 e. The fourth-order valence-electron chi connectivity index (χ4n) is 2.53. The predicted octanol–water partition coefficient (Wildman–Crippen LogP) is 2.62. The van der Waals surface area contributed by atoms with Crippen molar-refractivity contribution in [2.45, 2.75) is 72.3 Å². The monoisotopic (exact) mass is 282 g/mol. The van der Waals surface area contributed by atoms with Gasteiger partial charge in [0.1, 0.15) is 0 Å². The summed E-state index contributed by atoms with van der Waals surface area (Å²) < 4.78 is 0. The smallest absolute Gasteiger partial charge is 0.225 e. The van der Waals surface area contributed by atoms with Crippen LogP contribution in [0.5, 0.6) is 0 Å². The van der Waals surface area contributed by atoms with Gasteiger partial charge in [0, 0.05) is 24.4 Å². The molecule has 0 heterocycles. The summed E-state index contributed by atoms with van der Waals surface area (Å²) in [5.74, 6) is 0.751. The van der Waals surface area contributed by atoms with Crippen molar-refractivity contribution in [1.29, 1.82) is 0 Å². The standard InChI is InChI=1S/C16H30N2O2/c1-12-8-5-6-9-13(12)18-14(19)10-7-11-17-15(20)16(2,3)4/h12-13H,5-11H2,1-4H3,(H,17,20)(H,18,19)/t12-,13+/m0/s1. The van der Waals surface area contributed by atoms with E-state index in [1.54, 1.807) is 0 Å². The Bertz CT molecular complexity index is 334. The van der Waals surface area contributed by atoms with E-state index in [9.17, 15) is 9.59 Å². The SMILES string of the molecule is C[C@H]1CCCC[C@H]1NC(=O)CCCNC(=O)C(C)(C)C. The average Bonchev–Trinajstić information content (AvgIpc) is 2.36. The zero-order valence-electron chi connectivity index (χ0n) is 13.4. The summed E-state index contributed by atoms with van der Waals surface area (Å²) >= 11 is 0. The van der Waals surface area contributed by atoms with E-state index >= 15 is 0 Å². The summed E-state index contributed by atoms with van der Waals surface area (Å²) in [6.45, 7) is 8.45. The third kappa shape index (κ3) is 5.93. The maximum atomic E-state index is 11.9. The topological polar surface area (TPSA) is 58.2 Å². The van der Waals surface area contributed by atoms with Crippen molar-refractivity contribution in [1.82, 2.24) is 10.6 Å². The lowest BCUT2D eigenvalue weighted by atomic mass is 9.86. The first-order valence-corrected chi connectivity index (χ1v) is 7.88. The summed E-state index contributed by atoms with van der Waals surface area (Å²) in [5.41, 5.74) is -0.361. The van der Waals surface area contributed by atoms with Crippen LogP contribution in [0.2, 0.25) is 0 Å². The summed E-state index contributed by atoms with van der Waals surface area (Å²) in [6, 6.07) is 0.348. The molecule has 1 aliphatic rings. The van der Waals surface area contributed by atoms with Gasteiger partial charge < -0.3 is 10.6 Å². The van der Waals surface area contributed by atoms with Crippen molar-refractivity contribution in [2.24, 2.45) is 11.3 Å². The lowest BCUT2D eigenvalue weighted by molar-refractivity contribution is -0.128. The van der Waals surface area contributed by atoms with Gasteiger partial charge in [-0.2, -0.15) is 0 Å². The summed E-state index contributed by atoms with van der Waals surface area (Å²) in [7, 11) is 0. The third-order valence-corrected chi connectivity index (χ3v) is 4.01. The zero-order valence-corrected chi connectivity index (χ0v) is 13.4. The molecular formula is C16H30N2O2. The van der Waals surface area contributed by atoms with Gasteiger partial charge in [-0.3, -0.25) is 9.59 Å². The molecule has 0 radical (unpaired) electrons. The molecule has 20 heavy (non-hydrogen) atoms. The number of rotatable bonds is 5. The third-order valence-electron chi connectivity index (χ3n) is 4.01. The van der Waals surface area contributed by atoms with Crippen molar-refractivity contribution in [3.05, 3.63) is 0 Å². The van der Waals surface area contributed by atoms with Crippen molar-refractivity contribution in [2.75, 3.05) is 6.54 Å². The number of hydrogen-bond acceptors (Lipinski definition) is 2. The average molecular weight is 282 g/mol. The van der Waals surface area contributed by atoms with Gasteiger partial charge in [0.2, 0.25) is 11.8 Å². The molecule has 0 aromatic heterocycles. The van der Waals surface area contributed by atoms with Crippen LogP contribution in [0.1, 0.15) is 66.2 Å². The van der Waals surface area contributed by atoms with Crippen LogP contribution in [-0.4, -0.2) is 24.4 Å². The second-order valence-electron chi connectivity index (χ2n) is 7.05. The van der Waals surface area contributed by atoms with Crippen LogP contribution in [0, 0.1) is 11.3 Å². The molecule has 1 rings (SSSR count). The lowest BCUT2D eigenvalue weighted by Gasteiger charge is -2.29. The Labute approximate surface area is 123 Å². The van der Waals surface area contributed by atoms with Crippen LogP contribution in [0.4, 0.5) is 0 Å². The van der Waals surface area contributed by atoms with E-state index in [0.29, 0.717) is 31.3 Å². The zero-order chi connectivity index (χ0) is 15.2. The molecule has 1 fully saturated rings. The van der Waals surface area contributed by atoms with E-state index in [1.165, 1.54) is 19.3 Å². The minimum absolute atomic E-state index is 0.0406. The molecule has 0 aliphatic heterocycles. The van der Waals surface area contributed by atoms with Crippen molar-refractivity contribution in [3.8, 4) is 0 Å². The van der Waals surface area contributed by atoms with E-state index in [2.05, 4.69) is 17.6 Å². The molecule has 1 saturated carbocycles. The summed E-state index contributed by atoms with van der Waals surface area (Å²) in [6.07, 6.45) is 6.02. The summed E-state index contributed by atoms with van der Waals surface area (Å²) in [5, 5.41) is 6.01. The first-order chi connectivity index (χ1) is 9.30. The molecule has 116 valence electrons. The molecule has 4 nitrogen and oxygen atoms in total. The quantitative estimate of drug-likeness (QED) is 0.762. The van der Waals surface area contributed by atoms with Crippen LogP contribution in [-0.2, 0) is 9.59 Å². The van der Waals surface area contributed by atoms with E-state index < -0.39 is 0 Å². The second-order valence-corrected chi connectivity index (χ2v) is 7.05. The van der Waals surface area contributed by atoms with Gasteiger partial charge >= 0.3 is 0 Å². The van der Waals surface area contributed by atoms with Gasteiger partial charge in [-0.05, 0) is 25.2 Å². The highest BCUT2D eigenvalue weighted by Gasteiger charge is 2.23. The highest BCUT2D eigenvalue weighted by molar-refractivity contribution is 5.81. The number of hydrogen-bond donors (Lipinski definition) is 2. The van der Waals surface area contributed by atoms with Crippen LogP contribution in [0.3, 0.4) is 0 Å². The number of carbonyl (C=O) groups excluding carboxylic acids is 2. The van der Waals surface area contributed by atoms with Crippen molar-refractivity contribution < 1.29 is 9.59 Å². The molecule has 0 unspecified atom stereocenters. The highest BCUT2D eigenvalue weighted by Crippen LogP contribution is 2.23. The molecule has 0 saturated heterocycles. The van der Waals surface area contributed by atoms with Gasteiger partial charge in [-0.15, -0.1) is 0 Å². The van der Waals surface area contributed by atoms with Gasteiger partial charge in [0.15, 0.2) is 0 Å². The predicted molar refractivity (Wildman–Crippen MR) is 81.3 cm³/mol. The Morgan fingerprint density at radius 2 is 1.80 bits per heavy atom. The Morgan fingerprint density at radius 1 is 1.15 bits per heavy atom. The van der Waals surface area contributed by atoms with Crippen LogP contribution in [0.25, 0.3) is 0 Å². The van der Waals surface area contributed by atoms with Gasteiger partial charge in [-0.1, -0.05) is 40.5 Å². The van der Waals surface area contributed by atoms with Crippen LogP contribution in [0.15, 0.2) is 0 Å². The fraction of sp³-hybridized carbons (Fsp3) is 0.875. The first-order valence-electron chi connectivity index (χ1n) is 7.88. The Morgan fingerprint density at radius 3 is 2.40 bits per heavy atom. The van der Waals surface area contributed by atoms with Gasteiger partial charge in [0.05, 0.1) is 0 Å². The minimum Gasteiger partial charge on any atom is -0.356 e. The molecule has 4 heteroatoms. The van der Waals surface area contributed by atoms with Crippen LogP contribution < -0.4 is 10.6 Å². The van der Waals surface area contributed by atoms with E-state index in [0.717, 1.165) is 6.42 Å². The van der Waals surface area contributed by atoms with Crippen LogP contribution >= 0.6 is 0 Å². The van der Waals surface area contributed by atoms with Crippen molar-refractivity contribution >= 4 is 11.8 Å². The lowest BCUT2D eigenvalue weighted by Crippen LogP contribution is -2.41. The summed E-state index contributed by atoms with van der Waals surface area (Å²) in [4.78, 5) is 23.5. The Hall–Kier alpha value is -1.06. The molecule has 0 bridgehead atoms. The van der Waals surface area contributed by atoms with Gasteiger partial charge in [-0.25, -0.2) is 0 Å². The van der Waals surface area contributed by atoms with Gasteiger partial charge in [0.25, 0.3) is 0 Å². The Kier molecular flexibility index (Phi) is 6.50. The Balaban J connectivity index is 2.16. The molecule has 2 atom stereocenters. The molecule has 2 N–H and O–H groups in total. The normalized spacial score (nSPS) is 23.2. The van der Waals surface area contributed by atoms with E-state index in [4.69, 9.17) is 0 Å². The molecule has 2 amide bonds. The number of carbonyl (C=O) groups is 2. The van der Waals surface area contributed by atoms with E-state index in [-0.39, 0.29) is 17.2 Å². The van der Waals surface area contributed by atoms with Crippen molar-refractivity contribution in [3.63, 3.8) is 0 Å². The fourth-order valence-corrected chi connectivity index (χ4v) is 2.53. The molecule has 0 aromatic rings. The van der Waals surface area contributed by atoms with E-state index in [1.807, 2.05) is 20.8 Å². The maximum absolute atomic E-state index is 11.9. The number of nitrogens with one attached hydrogen (secondary N) is 2. The molecule has 0 aromatic carbocycles. The molecule has 0 spiro atoms. The molecule has 1 aliphatic carbocycles.